The first-order valence-corrected chi connectivity index (χ1v) is 13.5. The molecule has 194 valence electrons. The highest BCUT2D eigenvalue weighted by Gasteiger charge is 2.25. The Hall–Kier alpha value is -3.21. The van der Waals surface area contributed by atoms with Crippen LogP contribution < -0.4 is 10.5 Å². The number of phenolic OH excluding ortho intramolecular Hbond substituents is 1. The van der Waals surface area contributed by atoms with Crippen LogP contribution >= 0.6 is 0 Å². The third kappa shape index (κ3) is 7.16. The molecule has 0 heterocycles. The number of benzene rings is 3. The number of unbranched alkanes of at least 4 members (excludes halogenated alkanes) is 11. The molecule has 0 aliphatic carbocycles. The summed E-state index contributed by atoms with van der Waals surface area (Å²) in [4.78, 5) is 12.3. The van der Waals surface area contributed by atoms with Crippen LogP contribution in [0.25, 0.3) is 21.9 Å². The fourth-order valence-electron chi connectivity index (χ4n) is 4.83. The quantitative estimate of drug-likeness (QED) is 0.139. The maximum absolute atomic E-state index is 12.3. The monoisotopic (exact) mass is 491 g/mol. The predicted molar refractivity (Wildman–Crippen MR) is 148 cm³/mol. The smallest absolute Gasteiger partial charge is 0.253 e. The molecule has 0 spiro atoms. The number of carbonyl (C=O) groups excluding carboxylic acids is 1. The van der Waals surface area contributed by atoms with Gasteiger partial charge in [-0.3, -0.25) is 4.79 Å². The molecule has 0 atom stereocenters. The number of para-hydroxylation sites is 1. The summed E-state index contributed by atoms with van der Waals surface area (Å²) in [7, 11) is 0. The number of fused-ring (bicyclic) bond motifs is 1. The van der Waals surface area contributed by atoms with Crippen LogP contribution in [0.3, 0.4) is 0 Å². The molecule has 0 fully saturated rings. The van der Waals surface area contributed by atoms with Gasteiger partial charge in [0, 0.05) is 21.9 Å². The van der Waals surface area contributed by atoms with Gasteiger partial charge in [0.05, 0.1) is 12.2 Å². The standard InChI is InChI=1S/C31H41NO4/c1-2-3-4-5-6-7-8-9-10-11-12-17-22-36-26-21-16-15-20-25(26)27-28(31(32)35)30(34)24-19-14-13-18-23(24)29(27)33/h13-16,18-21,33-34H,2-12,17,22H2,1H3,(H2,32,35). The zero-order valence-corrected chi connectivity index (χ0v) is 21.6. The summed E-state index contributed by atoms with van der Waals surface area (Å²) in [6.07, 6.45) is 15.3. The third-order valence-electron chi connectivity index (χ3n) is 6.82. The fourth-order valence-corrected chi connectivity index (χ4v) is 4.83. The summed E-state index contributed by atoms with van der Waals surface area (Å²) in [6, 6.07) is 14.1. The Kier molecular flexibility index (Phi) is 10.9. The van der Waals surface area contributed by atoms with Gasteiger partial charge in [0.15, 0.2) is 0 Å². The molecule has 0 aliphatic heterocycles. The Balaban J connectivity index is 1.57. The third-order valence-corrected chi connectivity index (χ3v) is 6.82. The number of primary amides is 1. The molecule has 5 nitrogen and oxygen atoms in total. The molecule has 0 aliphatic rings. The molecule has 5 heteroatoms. The van der Waals surface area contributed by atoms with Crippen molar-refractivity contribution in [3.8, 4) is 28.4 Å². The second-order valence-electron chi connectivity index (χ2n) is 9.59. The normalized spacial score (nSPS) is 11.1. The van der Waals surface area contributed by atoms with Crippen molar-refractivity contribution in [3.05, 3.63) is 54.1 Å². The molecular formula is C31H41NO4. The molecule has 0 bridgehead atoms. The average Bonchev–Trinajstić information content (AvgIpc) is 2.89. The van der Waals surface area contributed by atoms with Crippen LogP contribution in [0.2, 0.25) is 0 Å². The number of carbonyl (C=O) groups is 1. The summed E-state index contributed by atoms with van der Waals surface area (Å²) in [6.45, 7) is 2.80. The van der Waals surface area contributed by atoms with Crippen LogP contribution in [0.15, 0.2) is 48.5 Å². The second-order valence-corrected chi connectivity index (χ2v) is 9.59. The van der Waals surface area contributed by atoms with E-state index in [1.807, 2.05) is 18.2 Å². The average molecular weight is 492 g/mol. The lowest BCUT2D eigenvalue weighted by molar-refractivity contribution is 0.0998. The van der Waals surface area contributed by atoms with Crippen molar-refractivity contribution in [1.82, 2.24) is 0 Å². The predicted octanol–water partition coefficient (Wildman–Crippen LogP) is 8.10. The number of aromatic hydroxyl groups is 2. The van der Waals surface area contributed by atoms with Gasteiger partial charge in [-0.15, -0.1) is 0 Å². The molecule has 3 rings (SSSR count). The van der Waals surface area contributed by atoms with Crippen molar-refractivity contribution >= 4 is 16.7 Å². The number of hydrogen-bond acceptors (Lipinski definition) is 4. The van der Waals surface area contributed by atoms with E-state index < -0.39 is 5.91 Å². The van der Waals surface area contributed by atoms with Crippen molar-refractivity contribution in [1.29, 1.82) is 0 Å². The van der Waals surface area contributed by atoms with Gasteiger partial charge in [0.25, 0.3) is 5.91 Å². The van der Waals surface area contributed by atoms with E-state index in [1.165, 1.54) is 64.2 Å². The van der Waals surface area contributed by atoms with Crippen LogP contribution in [0, 0.1) is 0 Å². The van der Waals surface area contributed by atoms with E-state index in [4.69, 9.17) is 10.5 Å². The zero-order chi connectivity index (χ0) is 25.8. The Morgan fingerprint density at radius 2 is 1.22 bits per heavy atom. The number of nitrogens with two attached hydrogens (primary N) is 1. The van der Waals surface area contributed by atoms with E-state index >= 15 is 0 Å². The van der Waals surface area contributed by atoms with Gasteiger partial charge in [-0.25, -0.2) is 0 Å². The molecule has 1 amide bonds. The van der Waals surface area contributed by atoms with Crippen molar-refractivity contribution in [2.75, 3.05) is 6.61 Å². The minimum atomic E-state index is -0.806. The summed E-state index contributed by atoms with van der Waals surface area (Å²) in [5.41, 5.74) is 6.26. The van der Waals surface area contributed by atoms with Gasteiger partial charge in [0.2, 0.25) is 0 Å². The van der Waals surface area contributed by atoms with Crippen LogP contribution in [0.1, 0.15) is 94.3 Å². The Labute approximate surface area is 215 Å². The lowest BCUT2D eigenvalue weighted by Gasteiger charge is -2.18. The SMILES string of the molecule is CCCCCCCCCCCCCCOc1ccccc1-c1c(C(N)=O)c(O)c2ccccc2c1O. The van der Waals surface area contributed by atoms with Crippen molar-refractivity contribution in [2.24, 2.45) is 5.73 Å². The van der Waals surface area contributed by atoms with Crippen LogP contribution in [0.5, 0.6) is 17.2 Å². The van der Waals surface area contributed by atoms with Gasteiger partial charge >= 0.3 is 0 Å². The van der Waals surface area contributed by atoms with E-state index in [9.17, 15) is 15.0 Å². The highest BCUT2D eigenvalue weighted by molar-refractivity contribution is 6.13. The molecule has 0 saturated carbocycles. The lowest BCUT2D eigenvalue weighted by Crippen LogP contribution is -2.13. The second kappa shape index (κ2) is 14.4. The molecule has 3 aromatic carbocycles. The molecule has 0 aromatic heterocycles. The number of rotatable bonds is 16. The highest BCUT2D eigenvalue weighted by Crippen LogP contribution is 2.47. The van der Waals surface area contributed by atoms with Gasteiger partial charge in [-0.2, -0.15) is 0 Å². The van der Waals surface area contributed by atoms with E-state index in [2.05, 4.69) is 6.92 Å². The van der Waals surface area contributed by atoms with E-state index in [1.54, 1.807) is 30.3 Å². The Bertz CT molecular complexity index is 1130. The number of ether oxygens (including phenoxy) is 1. The van der Waals surface area contributed by atoms with E-state index in [-0.39, 0.29) is 22.6 Å². The molecule has 3 aromatic rings. The Morgan fingerprint density at radius 1 is 0.722 bits per heavy atom. The molecular weight excluding hydrogens is 450 g/mol. The van der Waals surface area contributed by atoms with Gasteiger partial charge in [0.1, 0.15) is 17.2 Å². The van der Waals surface area contributed by atoms with Gasteiger partial charge in [-0.05, 0) is 12.5 Å². The van der Waals surface area contributed by atoms with Crippen LogP contribution in [0.4, 0.5) is 0 Å². The summed E-state index contributed by atoms with van der Waals surface area (Å²) < 4.78 is 6.08. The number of amides is 1. The van der Waals surface area contributed by atoms with Crippen LogP contribution in [-0.2, 0) is 0 Å². The Morgan fingerprint density at radius 3 is 1.81 bits per heavy atom. The minimum absolute atomic E-state index is 0.0985. The topological polar surface area (TPSA) is 92.8 Å². The first kappa shape index (κ1) is 27.4. The van der Waals surface area contributed by atoms with Gasteiger partial charge < -0.3 is 20.7 Å². The van der Waals surface area contributed by atoms with Crippen molar-refractivity contribution < 1.29 is 19.7 Å². The molecule has 0 radical (unpaired) electrons. The molecule has 0 unspecified atom stereocenters. The number of hydrogen-bond donors (Lipinski definition) is 3. The van der Waals surface area contributed by atoms with Crippen LogP contribution in [-0.4, -0.2) is 22.7 Å². The molecule has 0 saturated heterocycles. The summed E-state index contributed by atoms with van der Waals surface area (Å²) >= 11 is 0. The molecule has 36 heavy (non-hydrogen) atoms. The largest absolute Gasteiger partial charge is 0.507 e. The fraction of sp³-hybridized carbons (Fsp3) is 0.452. The first-order valence-electron chi connectivity index (χ1n) is 13.5. The zero-order valence-electron chi connectivity index (χ0n) is 21.6. The number of phenols is 2. The molecule has 4 N–H and O–H groups in total. The van der Waals surface area contributed by atoms with Gasteiger partial charge in [-0.1, -0.05) is 120 Å². The maximum atomic E-state index is 12.3. The minimum Gasteiger partial charge on any atom is -0.507 e. The van der Waals surface area contributed by atoms with Crippen molar-refractivity contribution in [2.45, 2.75) is 84.0 Å². The summed E-state index contributed by atoms with van der Waals surface area (Å²) in [5, 5.41) is 22.7. The van der Waals surface area contributed by atoms with E-state index in [0.717, 1.165) is 12.8 Å². The maximum Gasteiger partial charge on any atom is 0.253 e. The first-order chi connectivity index (χ1) is 17.6. The lowest BCUT2D eigenvalue weighted by atomic mass is 9.92. The summed E-state index contributed by atoms with van der Waals surface area (Å²) in [5.74, 6) is -0.590. The highest BCUT2D eigenvalue weighted by atomic mass is 16.5. The van der Waals surface area contributed by atoms with E-state index in [0.29, 0.717) is 28.7 Å². The van der Waals surface area contributed by atoms with Crippen molar-refractivity contribution in [3.63, 3.8) is 0 Å².